The van der Waals surface area contributed by atoms with E-state index in [0.29, 0.717) is 11.4 Å². The molecule has 10 nitrogen and oxygen atoms in total. The van der Waals surface area contributed by atoms with E-state index in [2.05, 4.69) is 15.6 Å². The molecule has 40 heavy (non-hydrogen) atoms. The van der Waals surface area contributed by atoms with Gasteiger partial charge in [0.1, 0.15) is 17.5 Å². The number of para-hydroxylation sites is 1. The molecule has 5 N–H and O–H groups in total. The predicted molar refractivity (Wildman–Crippen MR) is 150 cm³/mol. The number of aromatic nitrogens is 1. The van der Waals surface area contributed by atoms with Crippen LogP contribution < -0.4 is 21.1 Å². The molecule has 210 valence electrons. The number of ether oxygens (including phenoxy) is 2. The summed E-state index contributed by atoms with van der Waals surface area (Å²) in [5.41, 5.74) is 7.86. The van der Waals surface area contributed by atoms with E-state index >= 15 is 0 Å². The van der Waals surface area contributed by atoms with Gasteiger partial charge < -0.3 is 30.8 Å². The molecule has 3 rings (SSSR count). The number of hydrogen-bond acceptors (Lipinski definition) is 6. The molecule has 0 radical (unpaired) electrons. The van der Waals surface area contributed by atoms with Crippen LogP contribution in [0.25, 0.3) is 11.3 Å². The van der Waals surface area contributed by atoms with E-state index in [1.54, 1.807) is 26.2 Å². The normalized spacial score (nSPS) is 12.3. The molecule has 0 aliphatic rings. The Kier molecular flexibility index (Phi) is 11.1. The second-order valence-electron chi connectivity index (χ2n) is 8.93. The van der Waals surface area contributed by atoms with Gasteiger partial charge in [0.2, 0.25) is 11.8 Å². The predicted octanol–water partition coefficient (Wildman–Crippen LogP) is 2.90. The highest BCUT2D eigenvalue weighted by Gasteiger charge is 2.25. The lowest BCUT2D eigenvalue weighted by atomic mass is 10.0. The van der Waals surface area contributed by atoms with Crippen LogP contribution in [0.5, 0.6) is 5.75 Å². The van der Waals surface area contributed by atoms with Crippen LogP contribution in [0.1, 0.15) is 35.8 Å². The van der Waals surface area contributed by atoms with Crippen LogP contribution in [0, 0.1) is 0 Å². The summed E-state index contributed by atoms with van der Waals surface area (Å²) in [6, 6.07) is 18.4. The smallest absolute Gasteiger partial charge is 0.330 e. The minimum Gasteiger partial charge on any atom is -0.496 e. The highest BCUT2D eigenvalue weighted by Crippen LogP contribution is 2.28. The number of H-pyrrole nitrogens is 1. The van der Waals surface area contributed by atoms with Crippen molar-refractivity contribution < 1.29 is 28.7 Å². The number of primary amides is 1. The van der Waals surface area contributed by atoms with Crippen molar-refractivity contribution in [1.82, 2.24) is 15.6 Å². The molecule has 1 aromatic heterocycles. The fourth-order valence-electron chi connectivity index (χ4n) is 4.03. The number of nitrogens with two attached hydrogens (primary N) is 1. The topological polar surface area (TPSA) is 153 Å². The zero-order valence-corrected chi connectivity index (χ0v) is 22.5. The van der Waals surface area contributed by atoms with E-state index in [0.717, 1.165) is 11.1 Å². The number of carbonyl (C=O) groups is 4. The first-order valence-corrected chi connectivity index (χ1v) is 12.9. The maximum Gasteiger partial charge on any atom is 0.330 e. The number of hydrogen-bond donors (Lipinski definition) is 4. The van der Waals surface area contributed by atoms with Crippen molar-refractivity contribution in [2.24, 2.45) is 5.73 Å². The van der Waals surface area contributed by atoms with Gasteiger partial charge in [0.15, 0.2) is 0 Å². The highest BCUT2D eigenvalue weighted by molar-refractivity contribution is 5.97. The molecule has 0 fully saturated rings. The van der Waals surface area contributed by atoms with Gasteiger partial charge >= 0.3 is 5.97 Å². The Morgan fingerprint density at radius 1 is 0.975 bits per heavy atom. The van der Waals surface area contributed by atoms with Gasteiger partial charge in [0.25, 0.3) is 5.91 Å². The minimum absolute atomic E-state index is 0.0119. The highest BCUT2D eigenvalue weighted by atomic mass is 16.5. The first-order valence-electron chi connectivity index (χ1n) is 12.9. The zero-order valence-electron chi connectivity index (χ0n) is 22.5. The Labute approximate surface area is 232 Å². The van der Waals surface area contributed by atoms with Crippen molar-refractivity contribution in [3.8, 4) is 17.0 Å². The van der Waals surface area contributed by atoms with Gasteiger partial charge in [-0.25, -0.2) is 4.79 Å². The summed E-state index contributed by atoms with van der Waals surface area (Å²) in [5, 5.41) is 5.62. The van der Waals surface area contributed by atoms with E-state index in [-0.39, 0.29) is 31.6 Å². The minimum atomic E-state index is -0.958. The van der Waals surface area contributed by atoms with Gasteiger partial charge in [-0.2, -0.15) is 0 Å². The maximum atomic E-state index is 13.4. The van der Waals surface area contributed by atoms with Gasteiger partial charge in [-0.05, 0) is 43.2 Å². The molecule has 2 atom stereocenters. The summed E-state index contributed by atoms with van der Waals surface area (Å²) in [6.45, 7) is 1.88. The average Bonchev–Trinajstić information content (AvgIpc) is 3.45. The van der Waals surface area contributed by atoms with Crippen molar-refractivity contribution in [1.29, 1.82) is 0 Å². The molecular formula is C30H34N4O6. The number of aromatic amines is 1. The molecule has 1 heterocycles. The van der Waals surface area contributed by atoms with Crippen LogP contribution in [0.2, 0.25) is 0 Å². The van der Waals surface area contributed by atoms with Gasteiger partial charge in [0, 0.05) is 36.2 Å². The summed E-state index contributed by atoms with van der Waals surface area (Å²) in [4.78, 5) is 53.0. The third-order valence-corrected chi connectivity index (χ3v) is 6.01. The van der Waals surface area contributed by atoms with Gasteiger partial charge in [-0.15, -0.1) is 0 Å². The lowest BCUT2D eigenvalue weighted by Crippen LogP contribution is -2.50. The van der Waals surface area contributed by atoms with Gasteiger partial charge in [-0.3, -0.25) is 14.4 Å². The fourth-order valence-corrected chi connectivity index (χ4v) is 4.03. The maximum absolute atomic E-state index is 13.4. The number of amides is 3. The number of benzene rings is 2. The average molecular weight is 547 g/mol. The molecule has 10 heteroatoms. The monoisotopic (exact) mass is 546 g/mol. The van der Waals surface area contributed by atoms with E-state index in [1.165, 1.54) is 12.2 Å². The Morgan fingerprint density at radius 3 is 2.40 bits per heavy atom. The number of esters is 1. The lowest BCUT2D eigenvalue weighted by molar-refractivity contribution is -0.137. The van der Waals surface area contributed by atoms with Crippen LogP contribution >= 0.6 is 0 Å². The van der Waals surface area contributed by atoms with Crippen LogP contribution in [-0.4, -0.2) is 54.5 Å². The summed E-state index contributed by atoms with van der Waals surface area (Å²) >= 11 is 0. The van der Waals surface area contributed by atoms with Gasteiger partial charge in [0.05, 0.1) is 13.7 Å². The lowest BCUT2D eigenvalue weighted by Gasteiger charge is -2.22. The first-order chi connectivity index (χ1) is 19.3. The molecule has 0 bridgehead atoms. The van der Waals surface area contributed by atoms with Crippen molar-refractivity contribution in [3.63, 3.8) is 0 Å². The van der Waals surface area contributed by atoms with Crippen molar-refractivity contribution in [2.75, 3.05) is 13.7 Å². The molecule has 0 saturated heterocycles. The van der Waals surface area contributed by atoms with E-state index in [9.17, 15) is 19.2 Å². The quantitative estimate of drug-likeness (QED) is 0.180. The number of nitrogens with one attached hydrogen (secondary N) is 3. The largest absolute Gasteiger partial charge is 0.496 e. The second-order valence-corrected chi connectivity index (χ2v) is 8.93. The van der Waals surface area contributed by atoms with Crippen LogP contribution in [0.4, 0.5) is 0 Å². The summed E-state index contributed by atoms with van der Waals surface area (Å²) in [7, 11) is 1.57. The molecule has 0 unspecified atom stereocenters. The van der Waals surface area contributed by atoms with E-state index in [4.69, 9.17) is 15.2 Å². The molecule has 0 saturated carbocycles. The number of methoxy groups -OCH3 is 1. The first kappa shape index (κ1) is 29.7. The molecular weight excluding hydrogens is 512 g/mol. The Bertz CT molecular complexity index is 1330. The summed E-state index contributed by atoms with van der Waals surface area (Å²) in [5.74, 6) is -1.44. The molecule has 0 aliphatic heterocycles. The van der Waals surface area contributed by atoms with Crippen LogP contribution in [0.3, 0.4) is 0 Å². The third kappa shape index (κ3) is 8.87. The van der Waals surface area contributed by atoms with Gasteiger partial charge in [-0.1, -0.05) is 48.5 Å². The number of carbonyl (C=O) groups excluding carboxylic acids is 4. The third-order valence-electron chi connectivity index (χ3n) is 6.01. The summed E-state index contributed by atoms with van der Waals surface area (Å²) in [6.07, 6.45) is 3.01. The summed E-state index contributed by atoms with van der Waals surface area (Å²) < 4.78 is 10.3. The van der Waals surface area contributed by atoms with Crippen LogP contribution in [0.15, 0.2) is 78.9 Å². The molecule has 3 amide bonds. The standard InChI is InChI=1S/C30H34N4O6/c1-3-40-28(36)18-14-21(13-17-27(31)35)32-30(38)25(19-20-9-5-4-6-10-20)34-29(37)24-16-15-23(33-24)22-11-7-8-12-26(22)39-2/h4-12,14-16,18,21,25,33H,3,13,17,19H2,1-2H3,(H2,31,35)(H,32,38)(H,34,37)/b18-14+/t21-,25-/m0/s1. The second kappa shape index (κ2) is 14.9. The molecule has 0 spiro atoms. The fraction of sp³-hybridized carbons (Fsp3) is 0.267. The molecule has 0 aliphatic carbocycles. The molecule has 3 aromatic rings. The van der Waals surface area contributed by atoms with E-state index < -0.39 is 35.8 Å². The van der Waals surface area contributed by atoms with E-state index in [1.807, 2.05) is 54.6 Å². The van der Waals surface area contributed by atoms with Crippen LogP contribution in [-0.2, 0) is 25.5 Å². The van der Waals surface area contributed by atoms with Crippen molar-refractivity contribution in [2.45, 2.75) is 38.3 Å². The van der Waals surface area contributed by atoms with Crippen molar-refractivity contribution in [3.05, 3.63) is 90.1 Å². The molecule has 2 aromatic carbocycles. The SMILES string of the molecule is CCOC(=O)/C=C/[C@H](CCC(N)=O)NC(=O)[C@H](Cc1ccccc1)NC(=O)c1ccc(-c2ccccc2OC)[nH]1. The Balaban J connectivity index is 1.80. The Hall–Kier alpha value is -4.86. The number of rotatable bonds is 14. The Morgan fingerprint density at radius 2 is 1.70 bits per heavy atom. The zero-order chi connectivity index (χ0) is 28.9. The van der Waals surface area contributed by atoms with Crippen molar-refractivity contribution >= 4 is 23.7 Å².